The Balaban J connectivity index is 0.000000220. The van der Waals surface area contributed by atoms with Gasteiger partial charge in [0.25, 0.3) is 0 Å². The fourth-order valence-electron chi connectivity index (χ4n) is 1.48. The second kappa shape index (κ2) is 7.53. The smallest absolute Gasteiger partial charge is 0.335 e. The molecular weight excluding hydrogens is 292 g/mol. The van der Waals surface area contributed by atoms with E-state index in [1.807, 2.05) is 0 Å². The van der Waals surface area contributed by atoms with E-state index in [-0.39, 0.29) is 23.5 Å². The molecule has 0 spiro atoms. The first-order valence-corrected chi connectivity index (χ1v) is 6.05. The molecule has 0 aliphatic rings. The monoisotopic (exact) mass is 306 g/mol. The van der Waals surface area contributed by atoms with Crippen molar-refractivity contribution in [2.24, 2.45) is 0 Å². The van der Waals surface area contributed by atoms with Crippen LogP contribution in [0.3, 0.4) is 0 Å². The Labute approximate surface area is 125 Å². The van der Waals surface area contributed by atoms with Gasteiger partial charge < -0.3 is 25.5 Å². The third-order valence-electron chi connectivity index (χ3n) is 2.56. The molecule has 2 rings (SSSR count). The molecule has 0 bridgehead atoms. The van der Waals surface area contributed by atoms with Gasteiger partial charge in [0.05, 0.1) is 12.0 Å². The van der Waals surface area contributed by atoms with Crippen LogP contribution in [0.15, 0.2) is 42.5 Å². The summed E-state index contributed by atoms with van der Waals surface area (Å²) >= 11 is 0. The van der Waals surface area contributed by atoms with E-state index in [1.165, 1.54) is 12.1 Å². The molecule has 2 aromatic carbocycles. The van der Waals surface area contributed by atoms with E-state index in [9.17, 15) is 9.59 Å². The summed E-state index contributed by atoms with van der Waals surface area (Å²) in [5.74, 6) is -2.79. The lowest BCUT2D eigenvalue weighted by Crippen LogP contribution is -1.99. The second-order valence-electron chi connectivity index (χ2n) is 4.21. The number of carboxylic acids is 2. The molecule has 0 saturated carbocycles. The number of hydrogen-bond donors (Lipinski definition) is 5. The van der Waals surface area contributed by atoms with Crippen LogP contribution in [0.1, 0.15) is 15.9 Å². The molecule has 7 heteroatoms. The van der Waals surface area contributed by atoms with E-state index < -0.39 is 17.7 Å². The molecule has 0 aromatic heterocycles. The van der Waals surface area contributed by atoms with Crippen molar-refractivity contribution in [2.45, 2.75) is 6.42 Å². The number of para-hydroxylation sites is 1. The second-order valence-corrected chi connectivity index (χ2v) is 4.21. The number of aromatic hydroxyl groups is 3. The van der Waals surface area contributed by atoms with E-state index in [0.717, 1.165) is 12.1 Å². The van der Waals surface area contributed by atoms with E-state index in [4.69, 9.17) is 25.5 Å². The topological polar surface area (TPSA) is 135 Å². The molecule has 0 aliphatic carbocycles. The van der Waals surface area contributed by atoms with Gasteiger partial charge in [-0.15, -0.1) is 0 Å². The van der Waals surface area contributed by atoms with Crippen molar-refractivity contribution in [3.05, 3.63) is 53.6 Å². The molecule has 22 heavy (non-hydrogen) atoms. The van der Waals surface area contributed by atoms with Gasteiger partial charge in [0.1, 0.15) is 5.75 Å². The van der Waals surface area contributed by atoms with Crippen molar-refractivity contribution in [3.8, 4) is 17.2 Å². The molecule has 0 aliphatic heterocycles. The number of carboxylic acid groups (broad SMARTS) is 2. The van der Waals surface area contributed by atoms with Gasteiger partial charge in [-0.3, -0.25) is 4.79 Å². The minimum atomic E-state index is -1.14. The average molecular weight is 306 g/mol. The van der Waals surface area contributed by atoms with Crippen molar-refractivity contribution in [1.82, 2.24) is 0 Å². The highest BCUT2D eigenvalue weighted by Crippen LogP contribution is 2.24. The van der Waals surface area contributed by atoms with Gasteiger partial charge in [0.2, 0.25) is 0 Å². The Kier molecular flexibility index (Phi) is 5.76. The predicted molar refractivity (Wildman–Crippen MR) is 76.2 cm³/mol. The molecule has 7 nitrogen and oxygen atoms in total. The SMILES string of the molecule is O=C(O)Cc1ccccc1O.O=C(O)c1ccc(O)c(O)c1. The first kappa shape index (κ1) is 16.8. The number of hydrogen-bond acceptors (Lipinski definition) is 5. The van der Waals surface area contributed by atoms with Crippen LogP contribution in [0.5, 0.6) is 17.2 Å². The van der Waals surface area contributed by atoms with E-state index >= 15 is 0 Å². The standard InChI is InChI=1S/C8H8O3.C7H6O4/c9-7-4-2-1-3-6(7)5-8(10)11;8-5-2-1-4(7(10)11)3-6(5)9/h1-4,9H,5H2,(H,10,11);1-3,8-9H,(H,10,11). The lowest BCUT2D eigenvalue weighted by Gasteiger charge is -1.98. The van der Waals surface area contributed by atoms with Crippen LogP contribution in [0, 0.1) is 0 Å². The largest absolute Gasteiger partial charge is 0.508 e. The third kappa shape index (κ3) is 5.04. The maximum atomic E-state index is 10.3. The van der Waals surface area contributed by atoms with Crippen molar-refractivity contribution in [3.63, 3.8) is 0 Å². The molecule has 0 saturated heterocycles. The van der Waals surface area contributed by atoms with Crippen LogP contribution in [0.4, 0.5) is 0 Å². The fraction of sp³-hybridized carbons (Fsp3) is 0.0667. The van der Waals surface area contributed by atoms with Crippen LogP contribution in [-0.4, -0.2) is 37.5 Å². The molecule has 0 atom stereocenters. The summed E-state index contributed by atoms with van der Waals surface area (Å²) in [5.41, 5.74) is 0.389. The molecule has 2 aromatic rings. The Morgan fingerprint density at radius 3 is 1.95 bits per heavy atom. The maximum absolute atomic E-state index is 10.3. The number of phenols is 3. The quantitative estimate of drug-likeness (QED) is 0.546. The number of phenolic OH excluding ortho intramolecular Hbond substituents is 3. The molecule has 0 amide bonds. The molecular formula is C15H14O7. The van der Waals surface area contributed by atoms with Gasteiger partial charge in [0, 0.05) is 5.56 Å². The lowest BCUT2D eigenvalue weighted by molar-refractivity contribution is -0.136. The minimum absolute atomic E-state index is 0.0369. The Bertz CT molecular complexity index is 679. The Hall–Kier alpha value is -3.22. The molecule has 0 radical (unpaired) electrons. The average Bonchev–Trinajstić information content (AvgIpc) is 2.44. The third-order valence-corrected chi connectivity index (χ3v) is 2.56. The van der Waals surface area contributed by atoms with Gasteiger partial charge in [-0.25, -0.2) is 4.79 Å². The van der Waals surface area contributed by atoms with Crippen LogP contribution in [0.25, 0.3) is 0 Å². The summed E-state index contributed by atoms with van der Waals surface area (Å²) in [6, 6.07) is 9.72. The number of carbonyl (C=O) groups is 2. The summed E-state index contributed by atoms with van der Waals surface area (Å²) in [5, 5.41) is 43.5. The van der Waals surface area contributed by atoms with E-state index in [0.29, 0.717) is 5.56 Å². The highest BCUT2D eigenvalue weighted by atomic mass is 16.4. The van der Waals surface area contributed by atoms with Gasteiger partial charge >= 0.3 is 11.9 Å². The van der Waals surface area contributed by atoms with Crippen molar-refractivity contribution in [1.29, 1.82) is 0 Å². The summed E-state index contributed by atoms with van der Waals surface area (Å²) in [7, 11) is 0. The zero-order valence-corrected chi connectivity index (χ0v) is 11.3. The van der Waals surface area contributed by atoms with Gasteiger partial charge in [-0.2, -0.15) is 0 Å². The predicted octanol–water partition coefficient (Wildman–Crippen LogP) is 1.82. The number of aliphatic carboxylic acids is 1. The van der Waals surface area contributed by atoms with Crippen LogP contribution in [-0.2, 0) is 11.2 Å². The van der Waals surface area contributed by atoms with Crippen LogP contribution in [0.2, 0.25) is 0 Å². The summed E-state index contributed by atoms with van der Waals surface area (Å²) < 4.78 is 0. The highest BCUT2D eigenvalue weighted by molar-refractivity contribution is 5.88. The van der Waals surface area contributed by atoms with E-state index in [2.05, 4.69) is 0 Å². The first-order valence-electron chi connectivity index (χ1n) is 6.05. The van der Waals surface area contributed by atoms with Crippen LogP contribution < -0.4 is 0 Å². The van der Waals surface area contributed by atoms with Gasteiger partial charge in [-0.1, -0.05) is 18.2 Å². The Morgan fingerprint density at radius 2 is 1.45 bits per heavy atom. The maximum Gasteiger partial charge on any atom is 0.335 e. The summed E-state index contributed by atoms with van der Waals surface area (Å²) in [6.07, 6.45) is -0.132. The molecule has 5 N–H and O–H groups in total. The van der Waals surface area contributed by atoms with E-state index in [1.54, 1.807) is 18.2 Å². The number of rotatable bonds is 3. The summed E-state index contributed by atoms with van der Waals surface area (Å²) in [4.78, 5) is 20.5. The van der Waals surface area contributed by atoms with Gasteiger partial charge in [0.15, 0.2) is 11.5 Å². The van der Waals surface area contributed by atoms with Crippen molar-refractivity contribution in [2.75, 3.05) is 0 Å². The number of aromatic carboxylic acids is 1. The fourth-order valence-corrected chi connectivity index (χ4v) is 1.48. The summed E-state index contributed by atoms with van der Waals surface area (Å²) in [6.45, 7) is 0. The van der Waals surface area contributed by atoms with Crippen molar-refractivity contribution >= 4 is 11.9 Å². The molecule has 116 valence electrons. The number of benzene rings is 2. The Morgan fingerprint density at radius 1 is 0.818 bits per heavy atom. The lowest BCUT2D eigenvalue weighted by atomic mass is 10.1. The first-order chi connectivity index (χ1) is 10.3. The molecule has 0 unspecified atom stereocenters. The highest BCUT2D eigenvalue weighted by Gasteiger charge is 2.05. The molecule has 0 fully saturated rings. The minimum Gasteiger partial charge on any atom is -0.508 e. The zero-order chi connectivity index (χ0) is 16.7. The zero-order valence-electron chi connectivity index (χ0n) is 11.3. The molecule has 0 heterocycles. The van der Waals surface area contributed by atoms with Crippen molar-refractivity contribution < 1.29 is 35.1 Å². The van der Waals surface area contributed by atoms with Crippen LogP contribution >= 0.6 is 0 Å². The van der Waals surface area contributed by atoms with Gasteiger partial charge in [-0.05, 0) is 24.3 Å². The normalized spacial score (nSPS) is 9.45.